The second kappa shape index (κ2) is 8.79. The van der Waals surface area contributed by atoms with E-state index >= 15 is 0 Å². The van der Waals surface area contributed by atoms with Crippen LogP contribution in [0.3, 0.4) is 0 Å². The average Bonchev–Trinajstić information content (AvgIpc) is 3.58. The summed E-state index contributed by atoms with van der Waals surface area (Å²) in [5.74, 6) is -0.939. The summed E-state index contributed by atoms with van der Waals surface area (Å²) in [6, 6.07) is 10.1. The fourth-order valence-corrected chi connectivity index (χ4v) is 4.14. The van der Waals surface area contributed by atoms with Crippen molar-refractivity contribution in [1.29, 1.82) is 0 Å². The van der Waals surface area contributed by atoms with Gasteiger partial charge in [-0.05, 0) is 73.6 Å². The predicted octanol–water partition coefficient (Wildman–Crippen LogP) is 4.12. The van der Waals surface area contributed by atoms with Gasteiger partial charge < -0.3 is 15.7 Å². The quantitative estimate of drug-likeness (QED) is 0.653. The number of carbonyl (C=O) groups is 2. The first-order valence-electron chi connectivity index (χ1n) is 11.1. The molecule has 164 valence electrons. The minimum absolute atomic E-state index is 0.199. The zero-order valence-corrected chi connectivity index (χ0v) is 17.8. The number of amides is 2. The molecule has 31 heavy (non-hydrogen) atoms. The van der Waals surface area contributed by atoms with Gasteiger partial charge in [-0.2, -0.15) is 0 Å². The van der Waals surface area contributed by atoms with Gasteiger partial charge >= 0.3 is 0 Å². The molecule has 0 bridgehead atoms. The molecule has 0 aliphatic heterocycles. The second-order valence-corrected chi connectivity index (χ2v) is 8.92. The van der Waals surface area contributed by atoms with Gasteiger partial charge in [0.2, 0.25) is 0 Å². The molecule has 3 N–H and O–H groups in total. The van der Waals surface area contributed by atoms with Crippen LogP contribution in [0.5, 0.6) is 0 Å². The van der Waals surface area contributed by atoms with E-state index in [1.54, 1.807) is 37.3 Å². The number of aliphatic hydroxyl groups is 1. The van der Waals surface area contributed by atoms with Gasteiger partial charge in [0.25, 0.3) is 11.8 Å². The normalized spacial score (nSPS) is 17.8. The highest BCUT2D eigenvalue weighted by atomic mass is 19.1. The molecule has 2 fully saturated rings. The number of benzene rings is 2. The highest BCUT2D eigenvalue weighted by molar-refractivity contribution is 5.97. The minimum atomic E-state index is -0.816. The summed E-state index contributed by atoms with van der Waals surface area (Å²) in [7, 11) is 0. The summed E-state index contributed by atoms with van der Waals surface area (Å²) in [6.07, 6.45) is 6.44. The minimum Gasteiger partial charge on any atom is -0.388 e. The lowest BCUT2D eigenvalue weighted by Gasteiger charge is -2.32. The van der Waals surface area contributed by atoms with Crippen LogP contribution in [0.25, 0.3) is 11.1 Å². The van der Waals surface area contributed by atoms with E-state index in [9.17, 15) is 19.1 Å². The number of rotatable bonds is 6. The third-order valence-corrected chi connectivity index (χ3v) is 6.34. The molecular formula is C25H29FN2O3. The molecule has 2 aromatic rings. The monoisotopic (exact) mass is 424 g/mol. The molecule has 2 aliphatic carbocycles. The van der Waals surface area contributed by atoms with Crippen LogP contribution < -0.4 is 10.6 Å². The van der Waals surface area contributed by atoms with E-state index in [2.05, 4.69) is 10.6 Å². The first-order valence-corrected chi connectivity index (χ1v) is 11.1. The van der Waals surface area contributed by atoms with Crippen molar-refractivity contribution in [2.75, 3.05) is 6.54 Å². The van der Waals surface area contributed by atoms with Crippen LogP contribution >= 0.6 is 0 Å². The number of hydrogen-bond donors (Lipinski definition) is 3. The third-order valence-electron chi connectivity index (χ3n) is 6.34. The molecular weight excluding hydrogens is 395 g/mol. The maximum atomic E-state index is 14.5. The Balaban J connectivity index is 1.47. The van der Waals surface area contributed by atoms with Gasteiger partial charge in [0, 0.05) is 23.7 Å². The SMILES string of the molecule is Cc1c(F)cc(C(=O)NC2CC2)cc1-c1ccc(C(=O)NCC2(O)CCCCC2)cc1. The standard InChI is InChI=1S/C25H29FN2O3/c1-16-21(13-19(14-22(16)26)24(30)28-20-9-10-20)17-5-7-18(8-6-17)23(29)27-15-25(31)11-3-2-4-12-25/h5-8,13-14,20,31H,2-4,9-12,15H2,1H3,(H,27,29)(H,28,30). The number of carbonyl (C=O) groups excluding carboxylic acids is 2. The molecule has 6 heteroatoms. The van der Waals surface area contributed by atoms with Crippen LogP contribution in [-0.4, -0.2) is 35.1 Å². The van der Waals surface area contributed by atoms with Gasteiger partial charge in [0.15, 0.2) is 0 Å². The van der Waals surface area contributed by atoms with Crippen molar-refractivity contribution >= 4 is 11.8 Å². The van der Waals surface area contributed by atoms with Crippen LogP contribution in [0, 0.1) is 12.7 Å². The molecule has 0 aromatic heterocycles. The molecule has 2 amide bonds. The fraction of sp³-hybridized carbons (Fsp3) is 0.440. The van der Waals surface area contributed by atoms with Gasteiger partial charge in [-0.15, -0.1) is 0 Å². The lowest BCUT2D eigenvalue weighted by molar-refractivity contribution is 0.00525. The number of halogens is 1. The molecule has 2 aromatic carbocycles. The summed E-state index contributed by atoms with van der Waals surface area (Å²) < 4.78 is 14.5. The Bertz CT molecular complexity index is 977. The summed E-state index contributed by atoms with van der Waals surface area (Å²) in [5.41, 5.74) is 1.78. The van der Waals surface area contributed by atoms with E-state index in [0.29, 0.717) is 35.1 Å². The first kappa shape index (κ1) is 21.5. The van der Waals surface area contributed by atoms with Gasteiger partial charge in [0.1, 0.15) is 5.82 Å². The maximum absolute atomic E-state index is 14.5. The molecule has 2 saturated carbocycles. The van der Waals surface area contributed by atoms with E-state index in [1.165, 1.54) is 6.07 Å². The van der Waals surface area contributed by atoms with Crippen LogP contribution in [-0.2, 0) is 0 Å². The van der Waals surface area contributed by atoms with E-state index in [1.807, 2.05) is 0 Å². The van der Waals surface area contributed by atoms with Gasteiger partial charge in [0.05, 0.1) is 5.60 Å². The van der Waals surface area contributed by atoms with E-state index < -0.39 is 11.4 Å². The Morgan fingerprint density at radius 3 is 2.35 bits per heavy atom. The molecule has 0 atom stereocenters. The van der Waals surface area contributed by atoms with Gasteiger partial charge in [-0.3, -0.25) is 9.59 Å². The molecule has 4 rings (SSSR count). The molecule has 0 spiro atoms. The second-order valence-electron chi connectivity index (χ2n) is 8.92. The first-order chi connectivity index (χ1) is 14.8. The fourth-order valence-electron chi connectivity index (χ4n) is 4.14. The summed E-state index contributed by atoms with van der Waals surface area (Å²) >= 11 is 0. The third kappa shape index (κ3) is 5.13. The van der Waals surface area contributed by atoms with E-state index in [0.717, 1.165) is 37.7 Å². The van der Waals surface area contributed by atoms with Gasteiger partial charge in [-0.1, -0.05) is 31.4 Å². The van der Waals surface area contributed by atoms with Crippen LogP contribution in [0.1, 0.15) is 71.2 Å². The molecule has 0 saturated heterocycles. The van der Waals surface area contributed by atoms with Crippen molar-refractivity contribution in [2.45, 2.75) is 63.5 Å². The molecule has 0 heterocycles. The van der Waals surface area contributed by atoms with E-state index in [4.69, 9.17) is 0 Å². The molecule has 5 nitrogen and oxygen atoms in total. The highest BCUT2D eigenvalue weighted by Crippen LogP contribution is 2.29. The average molecular weight is 425 g/mol. The zero-order valence-electron chi connectivity index (χ0n) is 17.8. The smallest absolute Gasteiger partial charge is 0.251 e. The Hall–Kier alpha value is -2.73. The molecule has 2 aliphatic rings. The van der Waals surface area contributed by atoms with Crippen molar-refractivity contribution in [2.24, 2.45) is 0 Å². The topological polar surface area (TPSA) is 78.4 Å². The lowest BCUT2D eigenvalue weighted by Crippen LogP contribution is -2.44. The van der Waals surface area contributed by atoms with Gasteiger partial charge in [-0.25, -0.2) is 4.39 Å². The number of nitrogens with one attached hydrogen (secondary N) is 2. The molecule has 0 unspecified atom stereocenters. The largest absolute Gasteiger partial charge is 0.388 e. The Kier molecular flexibility index (Phi) is 6.10. The Morgan fingerprint density at radius 1 is 1.03 bits per heavy atom. The maximum Gasteiger partial charge on any atom is 0.251 e. The van der Waals surface area contributed by atoms with Crippen molar-refractivity contribution in [1.82, 2.24) is 10.6 Å². The van der Waals surface area contributed by atoms with Crippen LogP contribution in [0.15, 0.2) is 36.4 Å². The van der Waals surface area contributed by atoms with Crippen molar-refractivity contribution in [3.8, 4) is 11.1 Å². The van der Waals surface area contributed by atoms with Crippen LogP contribution in [0.4, 0.5) is 4.39 Å². The summed E-state index contributed by atoms with van der Waals surface area (Å²) in [6.45, 7) is 1.93. The van der Waals surface area contributed by atoms with Crippen molar-refractivity contribution in [3.63, 3.8) is 0 Å². The molecule has 0 radical (unpaired) electrons. The van der Waals surface area contributed by atoms with Crippen molar-refractivity contribution < 1.29 is 19.1 Å². The highest BCUT2D eigenvalue weighted by Gasteiger charge is 2.29. The Labute approximate surface area is 182 Å². The predicted molar refractivity (Wildman–Crippen MR) is 117 cm³/mol. The van der Waals surface area contributed by atoms with E-state index in [-0.39, 0.29) is 24.4 Å². The lowest BCUT2D eigenvalue weighted by atomic mass is 9.85. The number of hydrogen-bond acceptors (Lipinski definition) is 3. The summed E-state index contributed by atoms with van der Waals surface area (Å²) in [5, 5.41) is 16.3. The Morgan fingerprint density at radius 2 is 1.71 bits per heavy atom. The van der Waals surface area contributed by atoms with Crippen LogP contribution in [0.2, 0.25) is 0 Å². The zero-order chi connectivity index (χ0) is 22.0. The van der Waals surface area contributed by atoms with Crippen molar-refractivity contribution in [3.05, 3.63) is 58.9 Å². The summed E-state index contributed by atoms with van der Waals surface area (Å²) in [4.78, 5) is 24.9.